The molecule has 0 unspecified atom stereocenters. The van der Waals surface area contributed by atoms with E-state index in [1.807, 2.05) is 13.8 Å². The molecule has 0 aliphatic carbocycles. The zero-order chi connectivity index (χ0) is 15.5. The van der Waals surface area contributed by atoms with Crippen LogP contribution in [-0.4, -0.2) is 10.9 Å². The Kier molecular flexibility index (Phi) is 4.75. The third kappa shape index (κ3) is 3.68. The van der Waals surface area contributed by atoms with Gasteiger partial charge >= 0.3 is 0 Å². The third-order valence-electron chi connectivity index (χ3n) is 3.47. The summed E-state index contributed by atoms with van der Waals surface area (Å²) in [7, 11) is 0. The van der Waals surface area contributed by atoms with E-state index in [-0.39, 0.29) is 5.91 Å². The van der Waals surface area contributed by atoms with E-state index in [2.05, 4.69) is 41.5 Å². The molecule has 1 aromatic heterocycles. The smallest absolute Gasteiger partial charge is 0.271 e. The van der Waals surface area contributed by atoms with Gasteiger partial charge in [-0.3, -0.25) is 4.79 Å². The van der Waals surface area contributed by atoms with Gasteiger partial charge in [0, 0.05) is 11.9 Å². The molecular weight excluding hydrogens is 282 g/mol. The number of aryl methyl sites for hydroxylation is 1. The Bertz CT molecular complexity index is 617. The van der Waals surface area contributed by atoms with Gasteiger partial charge in [-0.2, -0.15) is 0 Å². The monoisotopic (exact) mass is 303 g/mol. The number of amides is 1. The molecule has 5 heteroatoms. The van der Waals surface area contributed by atoms with Gasteiger partial charge in [0.25, 0.3) is 5.91 Å². The Labute approximate surface area is 129 Å². The highest BCUT2D eigenvalue weighted by Gasteiger charge is 2.24. The molecule has 0 saturated heterocycles. The van der Waals surface area contributed by atoms with Gasteiger partial charge in [0.1, 0.15) is 10.7 Å². The second-order valence-electron chi connectivity index (χ2n) is 5.46. The number of hydrogen-bond donors (Lipinski definition) is 2. The molecule has 1 aromatic carbocycles. The van der Waals surface area contributed by atoms with Gasteiger partial charge < -0.3 is 11.1 Å². The summed E-state index contributed by atoms with van der Waals surface area (Å²) < 4.78 is 0. The number of thiazole rings is 1. The van der Waals surface area contributed by atoms with Gasteiger partial charge in [-0.1, -0.05) is 31.2 Å². The van der Waals surface area contributed by atoms with Gasteiger partial charge in [0.05, 0.1) is 5.54 Å². The molecule has 1 heterocycles. The van der Waals surface area contributed by atoms with Crippen LogP contribution in [-0.2, 0) is 18.5 Å². The summed E-state index contributed by atoms with van der Waals surface area (Å²) in [5, 5.41) is 5.54. The van der Waals surface area contributed by atoms with Crippen LogP contribution in [0.15, 0.2) is 29.6 Å². The molecule has 0 radical (unpaired) electrons. The summed E-state index contributed by atoms with van der Waals surface area (Å²) in [6, 6.07) is 8.31. The molecule has 2 rings (SSSR count). The highest BCUT2D eigenvalue weighted by Crippen LogP contribution is 2.21. The second kappa shape index (κ2) is 6.37. The van der Waals surface area contributed by atoms with Crippen molar-refractivity contribution in [2.75, 3.05) is 0 Å². The summed E-state index contributed by atoms with van der Waals surface area (Å²) in [5.74, 6) is -0.171. The van der Waals surface area contributed by atoms with Gasteiger partial charge in [-0.05, 0) is 31.4 Å². The predicted molar refractivity (Wildman–Crippen MR) is 86.3 cm³/mol. The van der Waals surface area contributed by atoms with Gasteiger partial charge in [-0.15, -0.1) is 11.3 Å². The average Bonchev–Trinajstić information content (AvgIpc) is 2.96. The first-order chi connectivity index (χ1) is 9.96. The van der Waals surface area contributed by atoms with E-state index in [0.717, 1.165) is 17.0 Å². The molecule has 0 atom stereocenters. The van der Waals surface area contributed by atoms with Crippen LogP contribution >= 0.6 is 11.3 Å². The SMILES string of the molecule is CCc1ccc(C(C)(C)NC(=O)c2csc(CN)n2)cc1. The van der Waals surface area contributed by atoms with Crippen LogP contribution in [0.1, 0.15) is 47.4 Å². The Hall–Kier alpha value is -1.72. The summed E-state index contributed by atoms with van der Waals surface area (Å²) in [4.78, 5) is 16.5. The third-order valence-corrected chi connectivity index (χ3v) is 4.34. The lowest BCUT2D eigenvalue weighted by molar-refractivity contribution is 0.0907. The van der Waals surface area contributed by atoms with Crippen LogP contribution in [0.2, 0.25) is 0 Å². The largest absolute Gasteiger partial charge is 0.342 e. The van der Waals surface area contributed by atoms with Gasteiger partial charge in [0.15, 0.2) is 0 Å². The zero-order valence-corrected chi connectivity index (χ0v) is 13.5. The highest BCUT2D eigenvalue weighted by atomic mass is 32.1. The van der Waals surface area contributed by atoms with Crippen LogP contribution in [0.4, 0.5) is 0 Å². The summed E-state index contributed by atoms with van der Waals surface area (Å²) >= 11 is 1.41. The normalized spacial score (nSPS) is 11.4. The lowest BCUT2D eigenvalue weighted by atomic mass is 9.93. The summed E-state index contributed by atoms with van der Waals surface area (Å²) in [5.41, 5.74) is 7.86. The molecule has 4 nitrogen and oxygen atoms in total. The van der Waals surface area contributed by atoms with Crippen LogP contribution in [0, 0.1) is 0 Å². The molecule has 2 aromatic rings. The number of rotatable bonds is 5. The molecule has 0 aliphatic rings. The van der Waals surface area contributed by atoms with Gasteiger partial charge in [0.2, 0.25) is 0 Å². The summed E-state index contributed by atoms with van der Waals surface area (Å²) in [6.45, 7) is 6.46. The minimum atomic E-state index is -0.449. The number of hydrogen-bond acceptors (Lipinski definition) is 4. The van der Waals surface area contributed by atoms with E-state index in [9.17, 15) is 4.79 Å². The number of aromatic nitrogens is 1. The van der Waals surface area contributed by atoms with E-state index < -0.39 is 5.54 Å². The Morgan fingerprint density at radius 2 is 2.00 bits per heavy atom. The van der Waals surface area contributed by atoms with E-state index in [1.54, 1.807) is 5.38 Å². The highest BCUT2D eigenvalue weighted by molar-refractivity contribution is 7.09. The molecular formula is C16H21N3OS. The Balaban J connectivity index is 2.13. The molecule has 112 valence electrons. The standard InChI is InChI=1S/C16H21N3OS/c1-4-11-5-7-12(8-6-11)16(2,3)19-15(20)13-10-21-14(9-17)18-13/h5-8,10H,4,9,17H2,1-3H3,(H,19,20). The van der Waals surface area contributed by atoms with Crippen LogP contribution in [0.5, 0.6) is 0 Å². The number of nitrogens with one attached hydrogen (secondary N) is 1. The molecule has 0 bridgehead atoms. The quantitative estimate of drug-likeness (QED) is 0.892. The van der Waals surface area contributed by atoms with E-state index in [1.165, 1.54) is 16.9 Å². The Morgan fingerprint density at radius 1 is 1.33 bits per heavy atom. The maximum atomic E-state index is 12.3. The minimum absolute atomic E-state index is 0.171. The first-order valence-electron chi connectivity index (χ1n) is 7.02. The number of nitrogens with two attached hydrogens (primary N) is 1. The van der Waals surface area contributed by atoms with Crippen molar-refractivity contribution in [3.63, 3.8) is 0 Å². The Morgan fingerprint density at radius 3 is 2.52 bits per heavy atom. The minimum Gasteiger partial charge on any atom is -0.342 e. The van der Waals surface area contributed by atoms with Crippen molar-refractivity contribution in [2.45, 2.75) is 39.3 Å². The fraction of sp³-hybridized carbons (Fsp3) is 0.375. The van der Waals surface area contributed by atoms with Crippen molar-refractivity contribution in [1.29, 1.82) is 0 Å². The van der Waals surface area contributed by atoms with Crippen LogP contribution < -0.4 is 11.1 Å². The van der Waals surface area contributed by atoms with Crippen molar-refractivity contribution < 1.29 is 4.79 Å². The molecule has 1 amide bonds. The fourth-order valence-corrected chi connectivity index (χ4v) is 2.74. The van der Waals surface area contributed by atoms with Gasteiger partial charge in [-0.25, -0.2) is 4.98 Å². The number of benzene rings is 1. The maximum absolute atomic E-state index is 12.3. The van der Waals surface area contributed by atoms with Crippen LogP contribution in [0.3, 0.4) is 0 Å². The van der Waals surface area contributed by atoms with Crippen LogP contribution in [0.25, 0.3) is 0 Å². The zero-order valence-electron chi connectivity index (χ0n) is 12.6. The van der Waals surface area contributed by atoms with Crippen molar-refractivity contribution in [3.05, 3.63) is 51.5 Å². The van der Waals surface area contributed by atoms with E-state index in [0.29, 0.717) is 12.2 Å². The molecule has 3 N–H and O–H groups in total. The average molecular weight is 303 g/mol. The lowest BCUT2D eigenvalue weighted by Gasteiger charge is -2.26. The molecule has 0 spiro atoms. The maximum Gasteiger partial charge on any atom is 0.271 e. The number of nitrogens with zero attached hydrogens (tertiary/aromatic N) is 1. The number of carbonyl (C=O) groups is 1. The summed E-state index contributed by atoms with van der Waals surface area (Å²) in [6.07, 6.45) is 1.01. The molecule has 21 heavy (non-hydrogen) atoms. The number of carbonyl (C=O) groups excluding carboxylic acids is 1. The molecule has 0 saturated carbocycles. The molecule has 0 fully saturated rings. The van der Waals surface area contributed by atoms with Crippen molar-refractivity contribution >= 4 is 17.2 Å². The topological polar surface area (TPSA) is 68.0 Å². The lowest BCUT2D eigenvalue weighted by Crippen LogP contribution is -2.41. The molecule has 0 aliphatic heterocycles. The van der Waals surface area contributed by atoms with E-state index >= 15 is 0 Å². The fourth-order valence-electron chi connectivity index (χ4n) is 2.09. The first kappa shape index (κ1) is 15.7. The predicted octanol–water partition coefficient (Wildman–Crippen LogP) is 2.83. The van der Waals surface area contributed by atoms with Crippen molar-refractivity contribution in [1.82, 2.24) is 10.3 Å². The van der Waals surface area contributed by atoms with E-state index in [4.69, 9.17) is 5.73 Å². The second-order valence-corrected chi connectivity index (χ2v) is 6.40. The first-order valence-corrected chi connectivity index (χ1v) is 7.90. The van der Waals surface area contributed by atoms with Crippen molar-refractivity contribution in [3.8, 4) is 0 Å². The van der Waals surface area contributed by atoms with Crippen molar-refractivity contribution in [2.24, 2.45) is 5.73 Å².